The van der Waals surface area contributed by atoms with Crippen molar-refractivity contribution < 1.29 is 9.13 Å². The van der Waals surface area contributed by atoms with Crippen LogP contribution < -0.4 is 11.3 Å². The zero-order valence-corrected chi connectivity index (χ0v) is 10.7. The van der Waals surface area contributed by atoms with Gasteiger partial charge in [0.25, 0.3) is 0 Å². The van der Waals surface area contributed by atoms with Gasteiger partial charge in [-0.3, -0.25) is 11.3 Å². The van der Waals surface area contributed by atoms with E-state index in [4.69, 9.17) is 10.6 Å². The van der Waals surface area contributed by atoms with Crippen LogP contribution in [0.3, 0.4) is 0 Å². The second-order valence-corrected chi connectivity index (χ2v) is 4.23. The van der Waals surface area contributed by atoms with Gasteiger partial charge in [0, 0.05) is 7.11 Å². The summed E-state index contributed by atoms with van der Waals surface area (Å²) in [6.45, 7) is 3.95. The second kappa shape index (κ2) is 6.69. The molecule has 2 unspecified atom stereocenters. The number of nitrogens with one attached hydrogen (secondary N) is 1. The van der Waals surface area contributed by atoms with Gasteiger partial charge in [0.1, 0.15) is 5.82 Å². The molecule has 2 atom stereocenters. The van der Waals surface area contributed by atoms with Crippen molar-refractivity contribution in [2.45, 2.75) is 38.8 Å². The molecule has 0 aliphatic carbocycles. The number of benzene rings is 1. The molecule has 0 saturated carbocycles. The molecule has 0 heterocycles. The van der Waals surface area contributed by atoms with Gasteiger partial charge in [-0.2, -0.15) is 0 Å². The quantitative estimate of drug-likeness (QED) is 0.590. The Morgan fingerprint density at radius 3 is 2.65 bits per heavy atom. The lowest BCUT2D eigenvalue weighted by atomic mass is 9.97. The van der Waals surface area contributed by atoms with E-state index in [-0.39, 0.29) is 18.0 Å². The van der Waals surface area contributed by atoms with E-state index in [0.717, 1.165) is 24.0 Å². The Labute approximate surface area is 102 Å². The van der Waals surface area contributed by atoms with Crippen LogP contribution in [0.25, 0.3) is 0 Å². The molecule has 3 nitrogen and oxygen atoms in total. The minimum Gasteiger partial charge on any atom is -0.380 e. The minimum absolute atomic E-state index is 0.0363. The number of halogens is 1. The highest BCUT2D eigenvalue weighted by molar-refractivity contribution is 5.27. The Kier molecular flexibility index (Phi) is 5.55. The van der Waals surface area contributed by atoms with Crippen molar-refractivity contribution in [3.63, 3.8) is 0 Å². The molecule has 0 saturated heterocycles. The molecule has 4 heteroatoms. The molecule has 3 N–H and O–H groups in total. The third-order valence-electron chi connectivity index (χ3n) is 3.11. The summed E-state index contributed by atoms with van der Waals surface area (Å²) in [5, 5.41) is 0. The average molecular weight is 240 g/mol. The molecule has 1 aromatic carbocycles. The number of nitrogens with two attached hydrogens (primary N) is 1. The maximum atomic E-state index is 13.0. The molecule has 0 radical (unpaired) electrons. The Morgan fingerprint density at radius 1 is 1.47 bits per heavy atom. The third-order valence-corrected chi connectivity index (χ3v) is 3.11. The summed E-state index contributed by atoms with van der Waals surface area (Å²) in [6, 6.07) is 4.85. The normalized spacial score (nSPS) is 14.6. The summed E-state index contributed by atoms with van der Waals surface area (Å²) in [6.07, 6.45) is 1.67. The van der Waals surface area contributed by atoms with Gasteiger partial charge in [-0.05, 0) is 43.0 Å². The van der Waals surface area contributed by atoms with Crippen LogP contribution in [0.5, 0.6) is 0 Å². The number of hydrazine groups is 1. The lowest BCUT2D eigenvalue weighted by Crippen LogP contribution is -2.46. The summed E-state index contributed by atoms with van der Waals surface area (Å²) in [5.41, 5.74) is 4.80. The zero-order chi connectivity index (χ0) is 12.8. The monoisotopic (exact) mass is 240 g/mol. The van der Waals surface area contributed by atoms with Crippen LogP contribution in [0.1, 0.15) is 24.5 Å². The van der Waals surface area contributed by atoms with E-state index < -0.39 is 0 Å². The Balaban J connectivity index is 2.80. The highest BCUT2D eigenvalue weighted by Crippen LogP contribution is 2.15. The van der Waals surface area contributed by atoms with E-state index >= 15 is 0 Å². The largest absolute Gasteiger partial charge is 0.380 e. The van der Waals surface area contributed by atoms with Crippen molar-refractivity contribution in [2.24, 2.45) is 5.84 Å². The second-order valence-electron chi connectivity index (χ2n) is 4.23. The molecule has 1 aromatic rings. The third kappa shape index (κ3) is 3.77. The van der Waals surface area contributed by atoms with Gasteiger partial charge in [0.15, 0.2) is 0 Å². The minimum atomic E-state index is -0.206. The van der Waals surface area contributed by atoms with Crippen molar-refractivity contribution in [3.8, 4) is 0 Å². The van der Waals surface area contributed by atoms with Gasteiger partial charge >= 0.3 is 0 Å². The summed E-state index contributed by atoms with van der Waals surface area (Å²) in [4.78, 5) is 0. The number of aryl methyl sites for hydroxylation is 1. The van der Waals surface area contributed by atoms with Crippen LogP contribution in [-0.4, -0.2) is 19.3 Å². The summed E-state index contributed by atoms with van der Waals surface area (Å²) < 4.78 is 18.4. The van der Waals surface area contributed by atoms with Gasteiger partial charge in [-0.1, -0.05) is 13.0 Å². The zero-order valence-electron chi connectivity index (χ0n) is 10.7. The molecule has 17 heavy (non-hydrogen) atoms. The molecule has 0 aliphatic rings. The molecule has 0 aromatic heterocycles. The summed E-state index contributed by atoms with van der Waals surface area (Å²) in [7, 11) is 1.68. The lowest BCUT2D eigenvalue weighted by Gasteiger charge is -2.25. The molecule has 0 aliphatic heterocycles. The van der Waals surface area contributed by atoms with E-state index in [1.54, 1.807) is 13.2 Å². The highest BCUT2D eigenvalue weighted by Gasteiger charge is 2.19. The first-order valence-corrected chi connectivity index (χ1v) is 5.86. The van der Waals surface area contributed by atoms with Crippen LogP contribution in [-0.2, 0) is 11.2 Å². The molecular formula is C13H21FN2O. The van der Waals surface area contributed by atoms with Crippen LogP contribution in [0.2, 0.25) is 0 Å². The number of methoxy groups -OCH3 is 1. The van der Waals surface area contributed by atoms with Crippen LogP contribution >= 0.6 is 0 Å². The predicted molar refractivity (Wildman–Crippen MR) is 67.0 cm³/mol. The molecule has 0 amide bonds. The molecule has 1 rings (SSSR count). The van der Waals surface area contributed by atoms with E-state index in [0.29, 0.717) is 0 Å². The SMILES string of the molecule is CCC(OC)C(Cc1ccc(F)cc1C)NN. The lowest BCUT2D eigenvalue weighted by molar-refractivity contribution is 0.0653. The smallest absolute Gasteiger partial charge is 0.123 e. The van der Waals surface area contributed by atoms with Crippen LogP contribution in [0.4, 0.5) is 4.39 Å². The van der Waals surface area contributed by atoms with Crippen molar-refractivity contribution in [2.75, 3.05) is 7.11 Å². The van der Waals surface area contributed by atoms with Gasteiger partial charge < -0.3 is 4.74 Å². The maximum absolute atomic E-state index is 13.0. The number of hydrogen-bond donors (Lipinski definition) is 2. The first-order chi connectivity index (χ1) is 8.12. The van der Waals surface area contributed by atoms with Crippen molar-refractivity contribution in [3.05, 3.63) is 35.1 Å². The fourth-order valence-corrected chi connectivity index (χ4v) is 2.04. The number of hydrogen-bond acceptors (Lipinski definition) is 3. The van der Waals surface area contributed by atoms with E-state index in [1.807, 2.05) is 6.92 Å². The van der Waals surface area contributed by atoms with Gasteiger partial charge in [0.05, 0.1) is 12.1 Å². The van der Waals surface area contributed by atoms with Crippen molar-refractivity contribution in [1.29, 1.82) is 0 Å². The standard InChI is InChI=1S/C13H21FN2O/c1-4-13(17-3)12(16-15)8-10-5-6-11(14)7-9(10)2/h5-7,12-13,16H,4,8,15H2,1-3H3. The molecular weight excluding hydrogens is 219 g/mol. The van der Waals surface area contributed by atoms with E-state index in [2.05, 4.69) is 12.3 Å². The number of ether oxygens (including phenoxy) is 1. The van der Waals surface area contributed by atoms with Crippen LogP contribution in [0, 0.1) is 12.7 Å². The van der Waals surface area contributed by atoms with Crippen molar-refractivity contribution >= 4 is 0 Å². The predicted octanol–water partition coefficient (Wildman–Crippen LogP) is 1.93. The van der Waals surface area contributed by atoms with Gasteiger partial charge in [0.2, 0.25) is 0 Å². The number of rotatable bonds is 6. The van der Waals surface area contributed by atoms with Gasteiger partial charge in [-0.25, -0.2) is 4.39 Å². The molecule has 96 valence electrons. The summed E-state index contributed by atoms with van der Waals surface area (Å²) in [5.74, 6) is 5.34. The summed E-state index contributed by atoms with van der Waals surface area (Å²) >= 11 is 0. The van der Waals surface area contributed by atoms with E-state index in [9.17, 15) is 4.39 Å². The Hall–Kier alpha value is -0.970. The molecule has 0 fully saturated rings. The fraction of sp³-hybridized carbons (Fsp3) is 0.538. The first-order valence-electron chi connectivity index (χ1n) is 5.86. The topological polar surface area (TPSA) is 47.3 Å². The van der Waals surface area contributed by atoms with Gasteiger partial charge in [-0.15, -0.1) is 0 Å². The first kappa shape index (κ1) is 14.1. The molecule has 0 bridgehead atoms. The van der Waals surface area contributed by atoms with Crippen LogP contribution in [0.15, 0.2) is 18.2 Å². The average Bonchev–Trinajstić information content (AvgIpc) is 2.32. The highest BCUT2D eigenvalue weighted by atomic mass is 19.1. The van der Waals surface area contributed by atoms with E-state index in [1.165, 1.54) is 12.1 Å². The maximum Gasteiger partial charge on any atom is 0.123 e. The molecule has 0 spiro atoms. The fourth-order valence-electron chi connectivity index (χ4n) is 2.04. The Morgan fingerprint density at radius 2 is 2.18 bits per heavy atom. The van der Waals surface area contributed by atoms with Crippen molar-refractivity contribution in [1.82, 2.24) is 5.43 Å². The Bertz CT molecular complexity index is 353.